The molecule has 0 unspecified atom stereocenters. The molecule has 2 aromatic rings. The summed E-state index contributed by atoms with van der Waals surface area (Å²) in [4.78, 5) is 23.3. The number of aryl methyl sites for hydroxylation is 1. The van der Waals surface area contributed by atoms with Gasteiger partial charge in [0, 0.05) is 30.1 Å². The van der Waals surface area contributed by atoms with Crippen molar-refractivity contribution in [3.8, 4) is 0 Å². The van der Waals surface area contributed by atoms with Crippen LogP contribution in [0.25, 0.3) is 0 Å². The van der Waals surface area contributed by atoms with Crippen molar-refractivity contribution in [2.45, 2.75) is 19.9 Å². The molecule has 0 spiro atoms. The van der Waals surface area contributed by atoms with Gasteiger partial charge in [-0.25, -0.2) is 4.68 Å². The van der Waals surface area contributed by atoms with Gasteiger partial charge < -0.3 is 11.1 Å². The van der Waals surface area contributed by atoms with Crippen molar-refractivity contribution in [3.63, 3.8) is 0 Å². The largest absolute Gasteiger partial charge is 0.398 e. The van der Waals surface area contributed by atoms with E-state index in [4.69, 9.17) is 5.73 Å². The minimum Gasteiger partial charge on any atom is -0.398 e. The Morgan fingerprint density at radius 1 is 1.35 bits per heavy atom. The van der Waals surface area contributed by atoms with Crippen molar-refractivity contribution >= 4 is 17.3 Å². The van der Waals surface area contributed by atoms with E-state index in [1.807, 2.05) is 6.92 Å². The molecular formula is C14H16N4O2. The first-order valence-electron chi connectivity index (χ1n) is 6.25. The smallest absolute Gasteiger partial charge is 0.266 e. The highest BCUT2D eigenvalue weighted by atomic mass is 16.2. The van der Waals surface area contributed by atoms with E-state index in [0.29, 0.717) is 11.4 Å². The zero-order valence-corrected chi connectivity index (χ0v) is 11.2. The number of nitrogens with two attached hydrogens (primary N) is 1. The van der Waals surface area contributed by atoms with Gasteiger partial charge in [-0.3, -0.25) is 9.59 Å². The number of carbonyl (C=O) groups is 1. The van der Waals surface area contributed by atoms with Crippen molar-refractivity contribution < 1.29 is 4.79 Å². The molecule has 0 radical (unpaired) electrons. The maximum absolute atomic E-state index is 11.9. The van der Waals surface area contributed by atoms with Crippen molar-refractivity contribution in [2.75, 3.05) is 11.1 Å². The van der Waals surface area contributed by atoms with Gasteiger partial charge in [0.2, 0.25) is 5.91 Å². The fraction of sp³-hybridized carbons (Fsp3) is 0.214. The number of benzene rings is 1. The maximum atomic E-state index is 11.9. The lowest BCUT2D eigenvalue weighted by atomic mass is 10.1. The summed E-state index contributed by atoms with van der Waals surface area (Å²) in [6.45, 7) is 2.08. The predicted molar refractivity (Wildman–Crippen MR) is 77.3 cm³/mol. The Balaban J connectivity index is 1.98. The summed E-state index contributed by atoms with van der Waals surface area (Å²) in [5.41, 5.74) is 7.69. The van der Waals surface area contributed by atoms with Crippen LogP contribution in [0.15, 0.2) is 41.3 Å². The SMILES string of the molecule is Cc1c(N)cccc1NC(=O)CCn1ncccc1=O. The van der Waals surface area contributed by atoms with Gasteiger partial charge in [-0.1, -0.05) is 6.07 Å². The van der Waals surface area contributed by atoms with Gasteiger partial charge >= 0.3 is 0 Å². The molecule has 0 saturated heterocycles. The van der Waals surface area contributed by atoms with E-state index in [-0.39, 0.29) is 24.4 Å². The molecule has 6 nitrogen and oxygen atoms in total. The molecule has 1 heterocycles. The molecular weight excluding hydrogens is 256 g/mol. The molecule has 0 aliphatic heterocycles. The molecule has 104 valence electrons. The van der Waals surface area contributed by atoms with Crippen LogP contribution in [0.2, 0.25) is 0 Å². The highest BCUT2D eigenvalue weighted by molar-refractivity contribution is 5.92. The third-order valence-electron chi connectivity index (χ3n) is 2.99. The zero-order chi connectivity index (χ0) is 14.5. The van der Waals surface area contributed by atoms with E-state index < -0.39 is 0 Å². The number of hydrogen-bond donors (Lipinski definition) is 2. The van der Waals surface area contributed by atoms with Gasteiger partial charge in [0.05, 0.1) is 6.54 Å². The molecule has 2 rings (SSSR count). The molecule has 0 aliphatic rings. The number of hydrogen-bond acceptors (Lipinski definition) is 4. The molecule has 1 aromatic heterocycles. The van der Waals surface area contributed by atoms with E-state index in [1.54, 1.807) is 24.3 Å². The second-order valence-electron chi connectivity index (χ2n) is 4.40. The third kappa shape index (κ3) is 3.23. The molecule has 3 N–H and O–H groups in total. The number of nitrogens with zero attached hydrogens (tertiary/aromatic N) is 2. The van der Waals surface area contributed by atoms with Crippen LogP contribution in [0.1, 0.15) is 12.0 Å². The van der Waals surface area contributed by atoms with Gasteiger partial charge in [0.15, 0.2) is 0 Å². The number of nitrogens with one attached hydrogen (secondary N) is 1. The number of aromatic nitrogens is 2. The minimum atomic E-state index is -0.222. The summed E-state index contributed by atoms with van der Waals surface area (Å²) >= 11 is 0. The van der Waals surface area contributed by atoms with Crippen LogP contribution < -0.4 is 16.6 Å². The molecule has 6 heteroatoms. The summed E-state index contributed by atoms with van der Waals surface area (Å²) < 4.78 is 1.26. The second kappa shape index (κ2) is 6.01. The summed E-state index contributed by atoms with van der Waals surface area (Å²) in [5.74, 6) is -0.184. The second-order valence-corrected chi connectivity index (χ2v) is 4.40. The van der Waals surface area contributed by atoms with Gasteiger partial charge in [-0.15, -0.1) is 0 Å². The number of rotatable bonds is 4. The van der Waals surface area contributed by atoms with Crippen LogP contribution in [0, 0.1) is 6.92 Å². The first-order chi connectivity index (χ1) is 9.58. The van der Waals surface area contributed by atoms with Gasteiger partial charge in [0.25, 0.3) is 5.56 Å². The summed E-state index contributed by atoms with van der Waals surface area (Å²) in [5, 5.41) is 6.67. The Morgan fingerprint density at radius 3 is 2.90 bits per heavy atom. The zero-order valence-electron chi connectivity index (χ0n) is 11.2. The fourth-order valence-corrected chi connectivity index (χ4v) is 1.76. The Kier molecular flexibility index (Phi) is 4.14. The van der Waals surface area contributed by atoms with E-state index in [2.05, 4.69) is 10.4 Å². The molecule has 20 heavy (non-hydrogen) atoms. The summed E-state index contributed by atoms with van der Waals surface area (Å²) in [7, 11) is 0. The molecule has 0 saturated carbocycles. The molecule has 1 aromatic carbocycles. The normalized spacial score (nSPS) is 10.2. The summed E-state index contributed by atoms with van der Waals surface area (Å²) in [6, 6.07) is 8.32. The monoisotopic (exact) mass is 272 g/mol. The Hall–Kier alpha value is -2.63. The number of amides is 1. The van der Waals surface area contributed by atoms with Crippen LogP contribution in [0.4, 0.5) is 11.4 Å². The highest BCUT2D eigenvalue weighted by Gasteiger charge is 2.07. The number of carbonyl (C=O) groups excluding carboxylic acids is 1. The van der Waals surface area contributed by atoms with Crippen molar-refractivity contribution in [2.24, 2.45) is 0 Å². The lowest BCUT2D eigenvalue weighted by Crippen LogP contribution is -2.24. The topological polar surface area (TPSA) is 90.0 Å². The van der Waals surface area contributed by atoms with Crippen LogP contribution in [-0.2, 0) is 11.3 Å². The molecule has 0 atom stereocenters. The Bertz CT molecular complexity index is 679. The standard InChI is InChI=1S/C14H16N4O2/c1-10-11(15)4-2-5-12(10)17-13(19)7-9-18-14(20)6-3-8-16-18/h2-6,8H,7,9,15H2,1H3,(H,17,19). The maximum Gasteiger partial charge on any atom is 0.266 e. The van der Waals surface area contributed by atoms with Crippen LogP contribution in [0.3, 0.4) is 0 Å². The fourth-order valence-electron chi connectivity index (χ4n) is 1.76. The van der Waals surface area contributed by atoms with E-state index in [1.165, 1.54) is 16.9 Å². The van der Waals surface area contributed by atoms with Crippen molar-refractivity contribution in [1.82, 2.24) is 9.78 Å². The van der Waals surface area contributed by atoms with Crippen LogP contribution in [0.5, 0.6) is 0 Å². The average molecular weight is 272 g/mol. The minimum absolute atomic E-state index is 0.172. The quantitative estimate of drug-likeness (QED) is 0.817. The number of nitrogen functional groups attached to an aromatic ring is 1. The molecule has 0 aliphatic carbocycles. The first-order valence-corrected chi connectivity index (χ1v) is 6.25. The summed E-state index contributed by atoms with van der Waals surface area (Å²) in [6.07, 6.45) is 1.69. The Morgan fingerprint density at radius 2 is 2.15 bits per heavy atom. The predicted octanol–water partition coefficient (Wildman–Crippen LogP) is 1.16. The molecule has 0 fully saturated rings. The van der Waals surface area contributed by atoms with Crippen LogP contribution in [-0.4, -0.2) is 15.7 Å². The van der Waals surface area contributed by atoms with E-state index in [0.717, 1.165) is 5.56 Å². The van der Waals surface area contributed by atoms with Gasteiger partial charge in [-0.05, 0) is 30.7 Å². The van der Waals surface area contributed by atoms with Crippen molar-refractivity contribution in [3.05, 3.63) is 52.4 Å². The first kappa shape index (κ1) is 13.8. The van der Waals surface area contributed by atoms with E-state index in [9.17, 15) is 9.59 Å². The lowest BCUT2D eigenvalue weighted by Gasteiger charge is -2.10. The average Bonchev–Trinajstić information content (AvgIpc) is 2.43. The molecule has 0 bridgehead atoms. The third-order valence-corrected chi connectivity index (χ3v) is 2.99. The van der Waals surface area contributed by atoms with E-state index >= 15 is 0 Å². The lowest BCUT2D eigenvalue weighted by molar-refractivity contribution is -0.116. The Labute approximate surface area is 116 Å². The molecule has 1 amide bonds. The van der Waals surface area contributed by atoms with Gasteiger partial charge in [0.1, 0.15) is 0 Å². The van der Waals surface area contributed by atoms with Gasteiger partial charge in [-0.2, -0.15) is 5.10 Å². The number of anilines is 2. The van der Waals surface area contributed by atoms with Crippen LogP contribution >= 0.6 is 0 Å². The van der Waals surface area contributed by atoms with Crippen molar-refractivity contribution in [1.29, 1.82) is 0 Å². The highest BCUT2D eigenvalue weighted by Crippen LogP contribution is 2.20.